The first kappa shape index (κ1) is 25.7. The zero-order valence-electron chi connectivity index (χ0n) is 17.9. The Bertz CT molecular complexity index is 1060. The van der Waals surface area contributed by atoms with E-state index in [-0.39, 0.29) is 35.3 Å². The predicted octanol–water partition coefficient (Wildman–Crippen LogP) is 5.76. The summed E-state index contributed by atoms with van der Waals surface area (Å²) in [6.45, 7) is 3.69. The summed E-state index contributed by atoms with van der Waals surface area (Å²) in [4.78, 5) is 0.0311. The van der Waals surface area contributed by atoms with Gasteiger partial charge in [0.2, 0.25) is 0 Å². The second-order valence-corrected chi connectivity index (χ2v) is 10.4. The molecular weight excluding hydrogens is 475 g/mol. The van der Waals surface area contributed by atoms with Crippen molar-refractivity contribution in [2.24, 2.45) is 0 Å². The molecule has 0 saturated carbocycles. The third-order valence-corrected chi connectivity index (χ3v) is 9.01. The highest BCUT2D eigenvalue weighted by molar-refractivity contribution is 7.96. The van der Waals surface area contributed by atoms with Crippen molar-refractivity contribution in [2.45, 2.75) is 68.3 Å². The topological polar surface area (TPSA) is 46.2 Å². The monoisotopic (exact) mass is 499 g/mol. The number of rotatable bonds is 5. The molecular formula is C22H24F7NO2S. The standard InChI is InChI=1S/C22H24F7NO2S/c1-3-5-16(6-4-2)33(31,32)19-11-12-30-18(19)10-7-14-13-15(8-9-17(14)19)20(23,21(24,25)26)22(27,28)29/h3,5-6,8-9,13,18,30H,4,7,10-12H2,1-2H3/b5-3-,16-6+. The fourth-order valence-electron chi connectivity index (χ4n) is 4.95. The van der Waals surface area contributed by atoms with Crippen molar-refractivity contribution in [1.29, 1.82) is 0 Å². The van der Waals surface area contributed by atoms with E-state index >= 15 is 0 Å². The Morgan fingerprint density at radius 2 is 1.79 bits per heavy atom. The first-order chi connectivity index (χ1) is 15.2. The second kappa shape index (κ2) is 8.41. The van der Waals surface area contributed by atoms with Crippen LogP contribution in [-0.2, 0) is 26.7 Å². The quantitative estimate of drug-likeness (QED) is 0.414. The maximum Gasteiger partial charge on any atom is 0.435 e. The van der Waals surface area contributed by atoms with Gasteiger partial charge in [0.25, 0.3) is 0 Å². The lowest BCUT2D eigenvalue weighted by Gasteiger charge is -2.41. The third-order valence-electron chi connectivity index (χ3n) is 6.42. The van der Waals surface area contributed by atoms with E-state index in [4.69, 9.17) is 0 Å². The molecule has 3 nitrogen and oxygen atoms in total. The zero-order chi connectivity index (χ0) is 24.9. The van der Waals surface area contributed by atoms with Crippen LogP contribution in [0.25, 0.3) is 0 Å². The molecule has 0 radical (unpaired) electrons. The largest absolute Gasteiger partial charge is 0.435 e. The lowest BCUT2D eigenvalue weighted by atomic mass is 9.77. The van der Waals surface area contributed by atoms with Crippen molar-refractivity contribution in [1.82, 2.24) is 5.32 Å². The number of sulfone groups is 1. The van der Waals surface area contributed by atoms with Gasteiger partial charge >= 0.3 is 18.0 Å². The van der Waals surface area contributed by atoms with Gasteiger partial charge in [0.1, 0.15) is 4.75 Å². The van der Waals surface area contributed by atoms with E-state index in [0.717, 1.165) is 6.07 Å². The van der Waals surface area contributed by atoms with Crippen LogP contribution in [0.4, 0.5) is 30.7 Å². The Kier molecular flexibility index (Phi) is 6.56. The Morgan fingerprint density at radius 1 is 1.15 bits per heavy atom. The summed E-state index contributed by atoms with van der Waals surface area (Å²) in [5.74, 6) is 0. The highest BCUT2D eigenvalue weighted by Crippen LogP contribution is 2.55. The lowest BCUT2D eigenvalue weighted by molar-refractivity contribution is -0.348. The molecule has 0 amide bonds. The fraction of sp³-hybridized carbons (Fsp3) is 0.545. The van der Waals surface area contributed by atoms with Gasteiger partial charge in [-0.3, -0.25) is 0 Å². The maximum atomic E-state index is 14.6. The second-order valence-electron chi connectivity index (χ2n) is 8.23. The van der Waals surface area contributed by atoms with Gasteiger partial charge in [-0.1, -0.05) is 37.3 Å². The molecule has 1 aliphatic heterocycles. The van der Waals surface area contributed by atoms with Gasteiger partial charge in [-0.25, -0.2) is 12.8 Å². The minimum absolute atomic E-state index is 0.0142. The Labute approximate surface area is 187 Å². The summed E-state index contributed by atoms with van der Waals surface area (Å²) in [6, 6.07) is 1.29. The molecule has 1 saturated heterocycles. The number of halogens is 7. The van der Waals surface area contributed by atoms with Gasteiger partial charge in [0.15, 0.2) is 9.84 Å². The van der Waals surface area contributed by atoms with Crippen LogP contribution in [0, 0.1) is 0 Å². The van der Waals surface area contributed by atoms with Gasteiger partial charge in [0, 0.05) is 11.6 Å². The SMILES string of the molecule is C/C=C\C(=C/CC)S(=O)(=O)C12CCNC1CCc1cc(C(F)(C(F)(F)F)C(F)(F)F)ccc12. The van der Waals surface area contributed by atoms with Crippen molar-refractivity contribution < 1.29 is 39.2 Å². The molecule has 2 atom stereocenters. The molecule has 11 heteroatoms. The number of alkyl halides is 7. The average Bonchev–Trinajstić information content (AvgIpc) is 3.17. The number of hydrogen-bond donors (Lipinski definition) is 1. The summed E-state index contributed by atoms with van der Waals surface area (Å²) in [5, 5.41) is 3.11. The summed E-state index contributed by atoms with van der Waals surface area (Å²) >= 11 is 0. The van der Waals surface area contributed by atoms with Crippen molar-refractivity contribution in [3.05, 3.63) is 58.0 Å². The summed E-state index contributed by atoms with van der Waals surface area (Å²) < 4.78 is 120. The van der Waals surface area contributed by atoms with E-state index < -0.39 is 44.2 Å². The van der Waals surface area contributed by atoms with Crippen LogP contribution in [0.3, 0.4) is 0 Å². The molecule has 0 bridgehead atoms. The summed E-state index contributed by atoms with van der Waals surface area (Å²) in [6.07, 6.45) is -7.32. The zero-order valence-corrected chi connectivity index (χ0v) is 18.8. The van der Waals surface area contributed by atoms with Gasteiger partial charge in [-0.05, 0) is 56.4 Å². The number of allylic oxidation sites excluding steroid dienone is 3. The number of benzene rings is 1. The maximum absolute atomic E-state index is 14.6. The highest BCUT2D eigenvalue weighted by Gasteiger charge is 2.73. The van der Waals surface area contributed by atoms with Crippen LogP contribution < -0.4 is 5.32 Å². The molecule has 1 aromatic carbocycles. The average molecular weight is 499 g/mol. The first-order valence-electron chi connectivity index (χ1n) is 10.5. The molecule has 0 spiro atoms. The minimum Gasteiger partial charge on any atom is -0.312 e. The molecule has 33 heavy (non-hydrogen) atoms. The predicted molar refractivity (Wildman–Crippen MR) is 110 cm³/mol. The van der Waals surface area contributed by atoms with Crippen molar-refractivity contribution >= 4 is 9.84 Å². The van der Waals surface area contributed by atoms with Crippen LogP contribution in [0.2, 0.25) is 0 Å². The fourth-order valence-corrected chi connectivity index (χ4v) is 7.51. The number of fused-ring (bicyclic) bond motifs is 3. The van der Waals surface area contributed by atoms with Crippen LogP contribution in [0.5, 0.6) is 0 Å². The van der Waals surface area contributed by atoms with E-state index in [1.54, 1.807) is 19.9 Å². The molecule has 3 rings (SSSR count). The number of hydrogen-bond acceptors (Lipinski definition) is 3. The Balaban J connectivity index is 2.27. The molecule has 2 unspecified atom stereocenters. The van der Waals surface area contributed by atoms with E-state index in [0.29, 0.717) is 25.1 Å². The molecule has 1 N–H and O–H groups in total. The van der Waals surface area contributed by atoms with Gasteiger partial charge in [0.05, 0.1) is 4.91 Å². The van der Waals surface area contributed by atoms with Gasteiger partial charge < -0.3 is 5.32 Å². The van der Waals surface area contributed by atoms with Gasteiger partial charge in [-0.15, -0.1) is 0 Å². The highest BCUT2D eigenvalue weighted by atomic mass is 32.2. The molecule has 1 aliphatic carbocycles. The number of nitrogens with one attached hydrogen (secondary N) is 1. The van der Waals surface area contributed by atoms with Crippen molar-refractivity contribution in [3.63, 3.8) is 0 Å². The van der Waals surface area contributed by atoms with E-state index in [9.17, 15) is 39.2 Å². The molecule has 2 aliphatic rings. The summed E-state index contributed by atoms with van der Waals surface area (Å²) in [5.41, 5.74) is -7.08. The van der Waals surface area contributed by atoms with E-state index in [1.165, 1.54) is 12.2 Å². The van der Waals surface area contributed by atoms with E-state index in [2.05, 4.69) is 5.32 Å². The van der Waals surface area contributed by atoms with Crippen LogP contribution in [0.15, 0.2) is 41.3 Å². The normalized spacial score (nSPS) is 24.8. The Hall–Kier alpha value is -1.88. The molecule has 184 valence electrons. The first-order valence-corrected chi connectivity index (χ1v) is 11.9. The third kappa shape index (κ3) is 3.71. The summed E-state index contributed by atoms with van der Waals surface area (Å²) in [7, 11) is -4.09. The smallest absolute Gasteiger partial charge is 0.312 e. The van der Waals surface area contributed by atoms with E-state index in [1.807, 2.05) is 0 Å². The van der Waals surface area contributed by atoms with Crippen LogP contribution in [-0.4, -0.2) is 33.4 Å². The molecule has 0 aromatic heterocycles. The van der Waals surface area contributed by atoms with Crippen molar-refractivity contribution in [3.8, 4) is 0 Å². The lowest BCUT2D eigenvalue weighted by Crippen LogP contribution is -2.51. The minimum atomic E-state index is -6.24. The number of aryl methyl sites for hydroxylation is 1. The Morgan fingerprint density at radius 3 is 2.33 bits per heavy atom. The molecule has 1 heterocycles. The molecule has 1 aromatic rings. The van der Waals surface area contributed by atoms with Crippen molar-refractivity contribution in [2.75, 3.05) is 6.54 Å². The van der Waals surface area contributed by atoms with Crippen LogP contribution in [0.1, 0.15) is 49.8 Å². The molecule has 1 fully saturated rings. The van der Waals surface area contributed by atoms with Gasteiger partial charge in [-0.2, -0.15) is 26.3 Å². The van der Waals surface area contributed by atoms with Crippen LogP contribution >= 0.6 is 0 Å².